The van der Waals surface area contributed by atoms with Crippen molar-refractivity contribution < 1.29 is 4.74 Å². The predicted octanol–water partition coefficient (Wildman–Crippen LogP) is 3.27. The molecular formula is C14H23BrN2OS. The monoisotopic (exact) mass is 346 g/mol. The minimum Gasteiger partial charge on any atom is -0.374 e. The molecule has 2 rings (SSSR count). The quantitative estimate of drug-likeness (QED) is 0.855. The molecule has 1 aliphatic heterocycles. The number of hydrogen-bond acceptors (Lipinski definition) is 4. The van der Waals surface area contributed by atoms with Gasteiger partial charge >= 0.3 is 0 Å². The van der Waals surface area contributed by atoms with Crippen molar-refractivity contribution in [2.24, 2.45) is 0 Å². The van der Waals surface area contributed by atoms with Gasteiger partial charge in [-0.3, -0.25) is 4.90 Å². The van der Waals surface area contributed by atoms with Crippen LogP contribution in [0.25, 0.3) is 0 Å². The van der Waals surface area contributed by atoms with Gasteiger partial charge in [0.25, 0.3) is 0 Å². The van der Waals surface area contributed by atoms with E-state index >= 15 is 0 Å². The molecule has 0 bridgehead atoms. The van der Waals surface area contributed by atoms with E-state index in [1.165, 1.54) is 10.0 Å². The molecule has 2 heterocycles. The summed E-state index contributed by atoms with van der Waals surface area (Å²) in [6.45, 7) is 9.46. The summed E-state index contributed by atoms with van der Waals surface area (Å²) < 4.78 is 7.23. The number of rotatable bonds is 6. The Hall–Kier alpha value is 0.0600. The Kier molecular flexibility index (Phi) is 6.29. The summed E-state index contributed by atoms with van der Waals surface area (Å²) in [6, 6.07) is 0.287. The molecule has 2 unspecified atom stereocenters. The number of likely N-dealkylation sites (N-methyl/N-ethyl adjacent to an activating group) is 1. The van der Waals surface area contributed by atoms with E-state index in [2.05, 4.69) is 50.8 Å². The second-order valence-corrected chi connectivity index (χ2v) is 6.51. The molecule has 108 valence electrons. The van der Waals surface area contributed by atoms with E-state index in [0.29, 0.717) is 0 Å². The van der Waals surface area contributed by atoms with Crippen LogP contribution in [0.4, 0.5) is 0 Å². The first-order valence-corrected chi connectivity index (χ1v) is 8.78. The van der Waals surface area contributed by atoms with E-state index in [1.807, 2.05) is 0 Å². The van der Waals surface area contributed by atoms with Crippen molar-refractivity contribution in [1.29, 1.82) is 0 Å². The molecular weight excluding hydrogens is 324 g/mol. The van der Waals surface area contributed by atoms with Crippen molar-refractivity contribution in [3.63, 3.8) is 0 Å². The molecule has 0 aliphatic carbocycles. The van der Waals surface area contributed by atoms with Crippen LogP contribution in [0.3, 0.4) is 0 Å². The van der Waals surface area contributed by atoms with Gasteiger partial charge in [0.05, 0.1) is 18.8 Å². The maximum atomic E-state index is 6.03. The topological polar surface area (TPSA) is 24.5 Å². The van der Waals surface area contributed by atoms with Crippen LogP contribution in [-0.2, 0) is 4.74 Å². The van der Waals surface area contributed by atoms with Gasteiger partial charge in [-0.25, -0.2) is 0 Å². The van der Waals surface area contributed by atoms with E-state index in [1.54, 1.807) is 11.3 Å². The van der Waals surface area contributed by atoms with E-state index < -0.39 is 0 Å². The summed E-state index contributed by atoms with van der Waals surface area (Å²) in [7, 11) is 0. The number of nitrogens with zero attached hydrogens (tertiary/aromatic N) is 1. The minimum atomic E-state index is 0.242. The number of thiophene rings is 1. The maximum Gasteiger partial charge on any atom is 0.0897 e. The van der Waals surface area contributed by atoms with Crippen molar-refractivity contribution in [3.05, 3.63) is 20.8 Å². The minimum absolute atomic E-state index is 0.242. The Labute approximate surface area is 128 Å². The molecule has 1 aliphatic rings. The molecule has 5 heteroatoms. The fourth-order valence-electron chi connectivity index (χ4n) is 2.48. The highest BCUT2D eigenvalue weighted by molar-refractivity contribution is 9.10. The van der Waals surface area contributed by atoms with Gasteiger partial charge in [0.15, 0.2) is 0 Å². The number of morpholine rings is 1. The number of ether oxygens (including phenoxy) is 1. The molecule has 2 atom stereocenters. The summed E-state index contributed by atoms with van der Waals surface area (Å²) in [5, 5.41) is 8.03. The average molecular weight is 347 g/mol. The van der Waals surface area contributed by atoms with Crippen LogP contribution in [0.2, 0.25) is 0 Å². The van der Waals surface area contributed by atoms with E-state index in [-0.39, 0.29) is 12.1 Å². The summed E-state index contributed by atoms with van der Waals surface area (Å²) >= 11 is 5.40. The Balaban J connectivity index is 2.10. The van der Waals surface area contributed by atoms with Crippen molar-refractivity contribution in [2.75, 3.05) is 32.8 Å². The van der Waals surface area contributed by atoms with Gasteiger partial charge < -0.3 is 10.1 Å². The van der Waals surface area contributed by atoms with Crippen LogP contribution >= 0.6 is 27.3 Å². The molecule has 3 nitrogen and oxygen atoms in total. The maximum absolute atomic E-state index is 6.03. The molecule has 0 aromatic carbocycles. The first-order chi connectivity index (χ1) is 9.26. The lowest BCUT2D eigenvalue weighted by Gasteiger charge is -2.37. The molecule has 1 aromatic rings. The highest BCUT2D eigenvalue weighted by Gasteiger charge is 2.29. The molecule has 1 saturated heterocycles. The van der Waals surface area contributed by atoms with Crippen LogP contribution in [0.15, 0.2) is 15.2 Å². The zero-order valence-electron chi connectivity index (χ0n) is 11.7. The van der Waals surface area contributed by atoms with Gasteiger partial charge in [-0.2, -0.15) is 11.3 Å². The largest absolute Gasteiger partial charge is 0.374 e. The second kappa shape index (κ2) is 7.74. The number of halogens is 1. The zero-order valence-corrected chi connectivity index (χ0v) is 14.1. The van der Waals surface area contributed by atoms with Crippen molar-refractivity contribution in [1.82, 2.24) is 10.2 Å². The van der Waals surface area contributed by atoms with E-state index in [9.17, 15) is 0 Å². The highest BCUT2D eigenvalue weighted by Crippen LogP contribution is 2.31. The Morgan fingerprint density at radius 1 is 1.53 bits per heavy atom. The lowest BCUT2D eigenvalue weighted by Crippen LogP contribution is -2.48. The van der Waals surface area contributed by atoms with Gasteiger partial charge in [-0.1, -0.05) is 13.8 Å². The third-order valence-corrected chi connectivity index (χ3v) is 5.34. The Bertz CT molecular complexity index is 385. The van der Waals surface area contributed by atoms with E-state index in [0.717, 1.165) is 39.2 Å². The van der Waals surface area contributed by atoms with Crippen LogP contribution in [-0.4, -0.2) is 43.8 Å². The predicted molar refractivity (Wildman–Crippen MR) is 84.9 cm³/mol. The molecule has 1 fully saturated rings. The third kappa shape index (κ3) is 4.02. The first kappa shape index (κ1) is 15.4. The summed E-state index contributed by atoms with van der Waals surface area (Å²) in [6.07, 6.45) is 1.38. The molecule has 1 N–H and O–H groups in total. The van der Waals surface area contributed by atoms with Crippen LogP contribution < -0.4 is 5.32 Å². The van der Waals surface area contributed by atoms with Gasteiger partial charge in [-0.15, -0.1) is 0 Å². The summed E-state index contributed by atoms with van der Waals surface area (Å²) in [5.41, 5.74) is 1.33. The van der Waals surface area contributed by atoms with Crippen LogP contribution in [0.5, 0.6) is 0 Å². The Morgan fingerprint density at radius 2 is 2.37 bits per heavy atom. The summed E-state index contributed by atoms with van der Waals surface area (Å²) in [5.74, 6) is 0. The normalized spacial score (nSPS) is 22.6. The molecule has 19 heavy (non-hydrogen) atoms. The average Bonchev–Trinajstić information content (AvgIpc) is 2.86. The van der Waals surface area contributed by atoms with Crippen molar-refractivity contribution >= 4 is 27.3 Å². The molecule has 1 aromatic heterocycles. The van der Waals surface area contributed by atoms with Gasteiger partial charge in [0, 0.05) is 22.9 Å². The zero-order chi connectivity index (χ0) is 13.7. The van der Waals surface area contributed by atoms with Crippen molar-refractivity contribution in [3.8, 4) is 0 Å². The third-order valence-electron chi connectivity index (χ3n) is 3.59. The second-order valence-electron chi connectivity index (χ2n) is 4.91. The number of hydrogen-bond donors (Lipinski definition) is 1. The fourth-order valence-corrected chi connectivity index (χ4v) is 4.06. The standard InChI is InChI=1S/C14H23BrN2OS/c1-3-5-16-14(11-9-19-10-12(11)15)13-8-17(4-2)6-7-18-13/h9-10,13-14,16H,3-8H2,1-2H3. The van der Waals surface area contributed by atoms with Crippen molar-refractivity contribution in [2.45, 2.75) is 32.4 Å². The van der Waals surface area contributed by atoms with Gasteiger partial charge in [0.1, 0.15) is 0 Å². The first-order valence-electron chi connectivity index (χ1n) is 7.05. The molecule has 0 saturated carbocycles. The van der Waals surface area contributed by atoms with E-state index in [4.69, 9.17) is 4.74 Å². The lowest BCUT2D eigenvalue weighted by atomic mass is 10.0. The number of nitrogens with one attached hydrogen (secondary N) is 1. The highest BCUT2D eigenvalue weighted by atomic mass is 79.9. The molecule has 0 spiro atoms. The van der Waals surface area contributed by atoms with Crippen LogP contribution in [0, 0.1) is 0 Å². The van der Waals surface area contributed by atoms with Crippen LogP contribution in [0.1, 0.15) is 31.9 Å². The molecule has 0 amide bonds. The Morgan fingerprint density at radius 3 is 3.00 bits per heavy atom. The fraction of sp³-hybridized carbons (Fsp3) is 0.714. The summed E-state index contributed by atoms with van der Waals surface area (Å²) in [4.78, 5) is 2.47. The SMILES string of the molecule is CCCNC(c1cscc1Br)C1CN(CC)CCO1. The van der Waals surface area contributed by atoms with Gasteiger partial charge in [-0.05, 0) is 46.4 Å². The molecule has 0 radical (unpaired) electrons. The lowest BCUT2D eigenvalue weighted by molar-refractivity contribution is -0.0456. The smallest absolute Gasteiger partial charge is 0.0897 e. The van der Waals surface area contributed by atoms with Gasteiger partial charge in [0.2, 0.25) is 0 Å².